The predicted octanol–water partition coefficient (Wildman–Crippen LogP) is 1.70. The number of amides is 1. The SMILES string of the molecule is CCN(C(C)=O)c1nc(CN(C)C2CCNCC2)cs1. The minimum absolute atomic E-state index is 0.0557. The zero-order valence-corrected chi connectivity index (χ0v) is 13.4. The lowest BCUT2D eigenvalue weighted by molar-refractivity contribution is -0.116. The summed E-state index contributed by atoms with van der Waals surface area (Å²) in [6.45, 7) is 7.30. The molecule has 1 aliphatic heterocycles. The molecular weight excluding hydrogens is 272 g/mol. The van der Waals surface area contributed by atoms with Crippen molar-refractivity contribution < 1.29 is 4.79 Å². The third-order valence-corrected chi connectivity index (χ3v) is 4.72. The molecule has 0 saturated carbocycles. The van der Waals surface area contributed by atoms with E-state index in [1.54, 1.807) is 23.2 Å². The molecule has 2 heterocycles. The number of rotatable bonds is 5. The highest BCUT2D eigenvalue weighted by molar-refractivity contribution is 7.14. The quantitative estimate of drug-likeness (QED) is 0.898. The van der Waals surface area contributed by atoms with Crippen molar-refractivity contribution in [2.75, 3.05) is 31.6 Å². The van der Waals surface area contributed by atoms with E-state index in [4.69, 9.17) is 0 Å². The van der Waals surface area contributed by atoms with Crippen LogP contribution in [0.15, 0.2) is 5.38 Å². The fraction of sp³-hybridized carbons (Fsp3) is 0.714. The fourth-order valence-corrected chi connectivity index (χ4v) is 3.54. The van der Waals surface area contributed by atoms with Crippen molar-refractivity contribution in [2.45, 2.75) is 39.3 Å². The van der Waals surface area contributed by atoms with Gasteiger partial charge in [0.05, 0.1) is 5.69 Å². The molecule has 1 amide bonds. The number of thiazole rings is 1. The molecule has 6 heteroatoms. The highest BCUT2D eigenvalue weighted by Crippen LogP contribution is 2.22. The zero-order valence-electron chi connectivity index (χ0n) is 12.6. The van der Waals surface area contributed by atoms with E-state index in [2.05, 4.69) is 27.6 Å². The molecule has 0 atom stereocenters. The molecule has 0 spiro atoms. The Morgan fingerprint density at radius 1 is 1.50 bits per heavy atom. The summed E-state index contributed by atoms with van der Waals surface area (Å²) in [5, 5.41) is 6.27. The molecule has 5 nitrogen and oxygen atoms in total. The number of anilines is 1. The minimum Gasteiger partial charge on any atom is -0.317 e. The lowest BCUT2D eigenvalue weighted by Crippen LogP contribution is -2.40. The molecule has 0 bridgehead atoms. The standard InChI is InChI=1S/C14H24N4OS/c1-4-18(11(2)19)14-16-12(10-20-14)9-17(3)13-5-7-15-8-6-13/h10,13,15H,4-9H2,1-3H3. The lowest BCUT2D eigenvalue weighted by Gasteiger charge is -2.31. The number of nitrogens with one attached hydrogen (secondary N) is 1. The highest BCUT2D eigenvalue weighted by Gasteiger charge is 2.19. The third-order valence-electron chi connectivity index (χ3n) is 3.81. The van der Waals surface area contributed by atoms with Crippen molar-refractivity contribution in [3.63, 3.8) is 0 Å². The molecule has 1 saturated heterocycles. The first-order valence-electron chi connectivity index (χ1n) is 7.25. The molecule has 1 aromatic rings. The van der Waals surface area contributed by atoms with Crippen LogP contribution in [0.3, 0.4) is 0 Å². The first-order valence-corrected chi connectivity index (χ1v) is 8.13. The van der Waals surface area contributed by atoms with E-state index in [0.717, 1.165) is 30.5 Å². The lowest BCUT2D eigenvalue weighted by atomic mass is 10.1. The molecule has 0 unspecified atom stereocenters. The number of hydrogen-bond donors (Lipinski definition) is 1. The van der Waals surface area contributed by atoms with Crippen molar-refractivity contribution in [3.8, 4) is 0 Å². The number of piperidine rings is 1. The van der Waals surface area contributed by atoms with Crippen LogP contribution in [0.2, 0.25) is 0 Å². The van der Waals surface area contributed by atoms with Crippen LogP contribution in [0.25, 0.3) is 0 Å². The van der Waals surface area contributed by atoms with Gasteiger partial charge in [0.15, 0.2) is 5.13 Å². The molecule has 1 aromatic heterocycles. The summed E-state index contributed by atoms with van der Waals surface area (Å²) in [5.41, 5.74) is 1.06. The number of hydrogen-bond acceptors (Lipinski definition) is 5. The van der Waals surface area contributed by atoms with E-state index in [-0.39, 0.29) is 5.91 Å². The van der Waals surface area contributed by atoms with Gasteiger partial charge in [-0.05, 0) is 39.9 Å². The fourth-order valence-electron chi connectivity index (χ4n) is 2.62. The average molecular weight is 296 g/mol. The second-order valence-electron chi connectivity index (χ2n) is 5.28. The molecular formula is C14H24N4OS. The van der Waals surface area contributed by atoms with Crippen LogP contribution in [0.1, 0.15) is 32.4 Å². The molecule has 0 aromatic carbocycles. The van der Waals surface area contributed by atoms with E-state index in [1.165, 1.54) is 12.8 Å². The topological polar surface area (TPSA) is 48.5 Å². The molecule has 0 aliphatic carbocycles. The number of carbonyl (C=O) groups excluding carboxylic acids is 1. The van der Waals surface area contributed by atoms with Crippen LogP contribution in [0, 0.1) is 0 Å². The van der Waals surface area contributed by atoms with Crippen LogP contribution in [-0.4, -0.2) is 48.5 Å². The Morgan fingerprint density at radius 3 is 2.80 bits per heavy atom. The van der Waals surface area contributed by atoms with Crippen LogP contribution in [0.5, 0.6) is 0 Å². The van der Waals surface area contributed by atoms with E-state index < -0.39 is 0 Å². The number of aromatic nitrogens is 1. The molecule has 0 radical (unpaired) electrons. The van der Waals surface area contributed by atoms with Gasteiger partial charge in [0.25, 0.3) is 0 Å². The Hall–Kier alpha value is -0.980. The summed E-state index contributed by atoms with van der Waals surface area (Å²) in [7, 11) is 2.16. The van der Waals surface area contributed by atoms with Crippen LogP contribution >= 0.6 is 11.3 Å². The van der Waals surface area contributed by atoms with E-state index in [0.29, 0.717) is 12.6 Å². The van der Waals surface area contributed by atoms with Crippen molar-refractivity contribution in [1.29, 1.82) is 0 Å². The average Bonchev–Trinajstić information content (AvgIpc) is 2.88. The first kappa shape index (κ1) is 15.4. The molecule has 20 heavy (non-hydrogen) atoms. The normalized spacial score (nSPS) is 16.6. The molecule has 2 rings (SSSR count). The predicted molar refractivity (Wildman–Crippen MR) is 83.2 cm³/mol. The Kier molecular flexibility index (Phi) is 5.51. The summed E-state index contributed by atoms with van der Waals surface area (Å²) in [6, 6.07) is 0.636. The van der Waals surface area contributed by atoms with Gasteiger partial charge in [0, 0.05) is 31.4 Å². The van der Waals surface area contributed by atoms with Crippen molar-refractivity contribution >= 4 is 22.4 Å². The van der Waals surface area contributed by atoms with Gasteiger partial charge in [0.2, 0.25) is 5.91 Å². The van der Waals surface area contributed by atoms with Gasteiger partial charge in [0.1, 0.15) is 0 Å². The van der Waals surface area contributed by atoms with Crippen LogP contribution < -0.4 is 10.2 Å². The maximum atomic E-state index is 11.5. The van der Waals surface area contributed by atoms with E-state index in [1.807, 2.05) is 6.92 Å². The Balaban J connectivity index is 1.96. The maximum Gasteiger partial charge on any atom is 0.225 e. The molecule has 112 valence electrons. The van der Waals surface area contributed by atoms with Gasteiger partial charge >= 0.3 is 0 Å². The summed E-state index contributed by atoms with van der Waals surface area (Å²) in [4.78, 5) is 20.2. The molecule has 1 aliphatic rings. The second-order valence-corrected chi connectivity index (χ2v) is 6.12. The van der Waals surface area contributed by atoms with Gasteiger partial charge in [-0.15, -0.1) is 11.3 Å². The van der Waals surface area contributed by atoms with Gasteiger partial charge < -0.3 is 5.32 Å². The maximum absolute atomic E-state index is 11.5. The van der Waals surface area contributed by atoms with E-state index >= 15 is 0 Å². The largest absolute Gasteiger partial charge is 0.317 e. The summed E-state index contributed by atoms with van der Waals surface area (Å²) < 4.78 is 0. The van der Waals surface area contributed by atoms with Crippen molar-refractivity contribution in [3.05, 3.63) is 11.1 Å². The van der Waals surface area contributed by atoms with Gasteiger partial charge in [-0.25, -0.2) is 4.98 Å². The third kappa shape index (κ3) is 3.77. The van der Waals surface area contributed by atoms with Gasteiger partial charge in [-0.1, -0.05) is 0 Å². The smallest absolute Gasteiger partial charge is 0.225 e. The van der Waals surface area contributed by atoms with E-state index in [9.17, 15) is 4.79 Å². The summed E-state index contributed by atoms with van der Waals surface area (Å²) in [5.74, 6) is 0.0557. The zero-order chi connectivity index (χ0) is 14.5. The van der Waals surface area contributed by atoms with Crippen LogP contribution in [-0.2, 0) is 11.3 Å². The summed E-state index contributed by atoms with van der Waals surface area (Å²) in [6.07, 6.45) is 2.39. The van der Waals surface area contributed by atoms with Gasteiger partial charge in [-0.3, -0.25) is 14.6 Å². The monoisotopic (exact) mass is 296 g/mol. The van der Waals surface area contributed by atoms with Crippen molar-refractivity contribution in [1.82, 2.24) is 15.2 Å². The first-order chi connectivity index (χ1) is 9.61. The number of carbonyl (C=O) groups is 1. The molecule has 1 fully saturated rings. The Bertz CT molecular complexity index is 442. The minimum atomic E-state index is 0.0557. The Morgan fingerprint density at radius 2 is 2.20 bits per heavy atom. The highest BCUT2D eigenvalue weighted by atomic mass is 32.1. The second kappa shape index (κ2) is 7.15. The molecule has 1 N–H and O–H groups in total. The van der Waals surface area contributed by atoms with Crippen molar-refractivity contribution in [2.24, 2.45) is 0 Å². The number of nitrogens with zero attached hydrogens (tertiary/aromatic N) is 3. The van der Waals surface area contributed by atoms with Crippen LogP contribution in [0.4, 0.5) is 5.13 Å². The summed E-state index contributed by atoms with van der Waals surface area (Å²) >= 11 is 1.55. The Labute approximate surface area is 125 Å². The van der Waals surface area contributed by atoms with Gasteiger partial charge in [-0.2, -0.15) is 0 Å².